The van der Waals surface area contributed by atoms with Crippen molar-refractivity contribution in [3.05, 3.63) is 24.0 Å². The van der Waals surface area contributed by atoms with Crippen molar-refractivity contribution in [3.8, 4) is 0 Å². The van der Waals surface area contributed by atoms with Gasteiger partial charge in [-0.25, -0.2) is 9.18 Å². The van der Waals surface area contributed by atoms with E-state index in [9.17, 15) is 14.0 Å². The van der Waals surface area contributed by atoms with Crippen LogP contribution in [0.4, 0.5) is 20.6 Å². The number of urea groups is 1. The van der Waals surface area contributed by atoms with E-state index in [0.717, 1.165) is 0 Å². The summed E-state index contributed by atoms with van der Waals surface area (Å²) in [4.78, 5) is 29.8. The molecule has 0 bridgehead atoms. The summed E-state index contributed by atoms with van der Waals surface area (Å²) in [6.07, 6.45) is -0.220. The van der Waals surface area contributed by atoms with E-state index >= 15 is 0 Å². The number of oxime groups is 1. The molecule has 2 heterocycles. The van der Waals surface area contributed by atoms with Gasteiger partial charge < -0.3 is 30.8 Å². The monoisotopic (exact) mass is 365 g/mol. The Kier molecular flexibility index (Phi) is 5.52. The number of morpholine rings is 1. The quantitative estimate of drug-likeness (QED) is 0.699. The molecule has 0 radical (unpaired) electrons. The van der Waals surface area contributed by atoms with Crippen molar-refractivity contribution in [2.45, 2.75) is 12.5 Å². The Bertz CT molecular complexity index is 721. The van der Waals surface area contributed by atoms with Gasteiger partial charge in [0.15, 0.2) is 6.10 Å². The summed E-state index contributed by atoms with van der Waals surface area (Å²) in [5.41, 5.74) is 6.05. The maximum atomic E-state index is 14.3. The molecule has 0 saturated carbocycles. The van der Waals surface area contributed by atoms with Crippen LogP contribution in [0.5, 0.6) is 0 Å². The summed E-state index contributed by atoms with van der Waals surface area (Å²) in [7, 11) is 0. The first-order chi connectivity index (χ1) is 12.5. The van der Waals surface area contributed by atoms with Gasteiger partial charge in [0, 0.05) is 25.2 Å². The molecule has 4 N–H and O–H groups in total. The minimum absolute atomic E-state index is 0.137. The topological polar surface area (TPSA) is 118 Å². The summed E-state index contributed by atoms with van der Waals surface area (Å²) in [6, 6.07) is 4.02. The Hall–Kier alpha value is -2.88. The molecule has 2 aliphatic heterocycles. The van der Waals surface area contributed by atoms with Crippen LogP contribution in [-0.2, 0) is 14.4 Å². The first-order valence-electron chi connectivity index (χ1n) is 8.22. The smallest absolute Gasteiger partial charge is 0.319 e. The lowest BCUT2D eigenvalue weighted by Crippen LogP contribution is -2.37. The number of hydrogen-bond acceptors (Lipinski definition) is 6. The molecule has 1 saturated heterocycles. The van der Waals surface area contributed by atoms with Crippen molar-refractivity contribution in [2.24, 2.45) is 10.9 Å². The normalized spacial score (nSPS) is 19.5. The number of ether oxygens (including phenoxy) is 1. The lowest BCUT2D eigenvalue weighted by atomic mass is 10.2. The molecule has 0 spiro atoms. The predicted molar refractivity (Wildman–Crippen MR) is 92.6 cm³/mol. The minimum atomic E-state index is -0.646. The Morgan fingerprint density at radius 3 is 2.77 bits per heavy atom. The van der Waals surface area contributed by atoms with Gasteiger partial charge in [0.05, 0.1) is 25.4 Å². The number of hydrogen-bond donors (Lipinski definition) is 3. The Morgan fingerprint density at radius 2 is 2.12 bits per heavy atom. The zero-order chi connectivity index (χ0) is 18.5. The number of halogens is 1. The van der Waals surface area contributed by atoms with Crippen LogP contribution < -0.4 is 21.3 Å². The summed E-state index contributed by atoms with van der Waals surface area (Å²) < 4.78 is 19.6. The Labute approximate surface area is 149 Å². The fourth-order valence-electron chi connectivity index (χ4n) is 2.71. The van der Waals surface area contributed by atoms with Gasteiger partial charge in [0.1, 0.15) is 11.5 Å². The maximum Gasteiger partial charge on any atom is 0.319 e. The van der Waals surface area contributed by atoms with Crippen molar-refractivity contribution in [3.63, 3.8) is 0 Å². The van der Waals surface area contributed by atoms with Crippen LogP contribution in [-0.4, -0.2) is 56.6 Å². The molecule has 1 aromatic rings. The van der Waals surface area contributed by atoms with Gasteiger partial charge in [-0.3, -0.25) is 4.79 Å². The number of nitrogens with two attached hydrogens (primary N) is 1. The van der Waals surface area contributed by atoms with Crippen molar-refractivity contribution >= 4 is 29.0 Å². The van der Waals surface area contributed by atoms with Gasteiger partial charge in [-0.15, -0.1) is 0 Å². The summed E-state index contributed by atoms with van der Waals surface area (Å²) in [5.74, 6) is -1.06. The third kappa shape index (κ3) is 4.39. The Morgan fingerprint density at radius 1 is 1.35 bits per heavy atom. The minimum Gasteiger partial charge on any atom is -0.390 e. The third-order valence-corrected chi connectivity index (χ3v) is 4.07. The molecule has 10 heteroatoms. The molecule has 1 unspecified atom stereocenters. The van der Waals surface area contributed by atoms with Crippen LogP contribution in [0.3, 0.4) is 0 Å². The van der Waals surface area contributed by atoms with E-state index in [1.54, 1.807) is 12.1 Å². The summed E-state index contributed by atoms with van der Waals surface area (Å²) in [6.45, 7) is 2.51. The molecule has 0 aliphatic carbocycles. The molecular formula is C16H20FN5O4. The maximum absolute atomic E-state index is 14.3. The van der Waals surface area contributed by atoms with E-state index in [2.05, 4.69) is 15.8 Å². The predicted octanol–water partition coefficient (Wildman–Crippen LogP) is 0.414. The van der Waals surface area contributed by atoms with Crippen molar-refractivity contribution in [1.29, 1.82) is 0 Å². The number of benzene rings is 1. The van der Waals surface area contributed by atoms with Gasteiger partial charge in [0.2, 0.25) is 0 Å². The molecule has 9 nitrogen and oxygen atoms in total. The van der Waals surface area contributed by atoms with Gasteiger partial charge in [-0.1, -0.05) is 5.16 Å². The van der Waals surface area contributed by atoms with Crippen LogP contribution in [0.1, 0.15) is 6.42 Å². The second kappa shape index (κ2) is 8.00. The lowest BCUT2D eigenvalue weighted by molar-refractivity contribution is -0.112. The summed E-state index contributed by atoms with van der Waals surface area (Å²) in [5, 5.41) is 8.68. The molecule has 1 fully saturated rings. The van der Waals surface area contributed by atoms with Crippen LogP contribution in [0, 0.1) is 5.82 Å². The average Bonchev–Trinajstić information content (AvgIpc) is 3.10. The second-order valence-electron chi connectivity index (χ2n) is 5.93. The van der Waals surface area contributed by atoms with E-state index in [1.165, 1.54) is 6.07 Å². The van der Waals surface area contributed by atoms with Crippen molar-refractivity contribution in [2.75, 3.05) is 43.1 Å². The number of carbonyl (C=O) groups excluding carboxylic acids is 2. The number of amides is 3. The van der Waals surface area contributed by atoms with Crippen LogP contribution >= 0.6 is 0 Å². The lowest BCUT2D eigenvalue weighted by Gasteiger charge is -2.29. The average molecular weight is 365 g/mol. The van der Waals surface area contributed by atoms with E-state index in [0.29, 0.717) is 37.7 Å². The van der Waals surface area contributed by atoms with E-state index < -0.39 is 23.9 Å². The zero-order valence-corrected chi connectivity index (χ0v) is 14.0. The van der Waals surface area contributed by atoms with Gasteiger partial charge >= 0.3 is 6.03 Å². The highest BCUT2D eigenvalue weighted by atomic mass is 19.1. The number of rotatable bonds is 5. The SMILES string of the molecule is NC(=O)C1=NOC(CNC(=O)Nc2ccc(N3CCOCC3)c(F)c2)C1. The standard InChI is InChI=1S/C16H20FN5O4/c17-12-7-10(1-2-14(12)22-3-5-25-6-4-22)20-16(24)19-9-11-8-13(15(18)23)21-26-11/h1-2,7,11H,3-6,8-9H2,(H2,18,23)(H2,19,20,24). The van der Waals surface area contributed by atoms with Crippen LogP contribution in [0.15, 0.2) is 23.4 Å². The van der Waals surface area contributed by atoms with Gasteiger partial charge in [-0.05, 0) is 18.2 Å². The Balaban J connectivity index is 1.48. The van der Waals surface area contributed by atoms with Crippen molar-refractivity contribution in [1.82, 2.24) is 5.32 Å². The first-order valence-corrected chi connectivity index (χ1v) is 8.22. The molecule has 26 heavy (non-hydrogen) atoms. The highest BCUT2D eigenvalue weighted by molar-refractivity contribution is 6.38. The van der Waals surface area contributed by atoms with Crippen LogP contribution in [0.25, 0.3) is 0 Å². The fourth-order valence-corrected chi connectivity index (χ4v) is 2.71. The fraction of sp³-hybridized carbons (Fsp3) is 0.438. The third-order valence-electron chi connectivity index (χ3n) is 4.07. The number of anilines is 2. The van der Waals surface area contributed by atoms with Crippen molar-refractivity contribution < 1.29 is 23.6 Å². The molecular weight excluding hydrogens is 345 g/mol. The van der Waals surface area contributed by atoms with E-state index in [4.69, 9.17) is 15.3 Å². The molecule has 2 aliphatic rings. The van der Waals surface area contributed by atoms with E-state index in [1.807, 2.05) is 4.90 Å². The van der Waals surface area contributed by atoms with Crippen LogP contribution in [0.2, 0.25) is 0 Å². The van der Waals surface area contributed by atoms with Gasteiger partial charge in [-0.2, -0.15) is 0 Å². The van der Waals surface area contributed by atoms with Gasteiger partial charge in [0.25, 0.3) is 5.91 Å². The molecule has 140 valence electrons. The molecule has 3 rings (SSSR count). The number of primary amides is 1. The molecule has 3 amide bonds. The first kappa shape index (κ1) is 17.9. The molecule has 0 aromatic heterocycles. The number of nitrogens with one attached hydrogen (secondary N) is 2. The molecule has 1 aromatic carbocycles. The highest BCUT2D eigenvalue weighted by Crippen LogP contribution is 2.23. The van der Waals surface area contributed by atoms with E-state index in [-0.39, 0.29) is 18.7 Å². The zero-order valence-electron chi connectivity index (χ0n) is 14.0. The number of nitrogens with zero attached hydrogens (tertiary/aromatic N) is 2. The summed E-state index contributed by atoms with van der Waals surface area (Å²) >= 11 is 0. The molecule has 1 atom stereocenters. The number of carbonyl (C=O) groups is 2. The highest BCUT2D eigenvalue weighted by Gasteiger charge is 2.24. The second-order valence-corrected chi connectivity index (χ2v) is 5.93. The largest absolute Gasteiger partial charge is 0.390 e.